The van der Waals surface area contributed by atoms with Crippen LogP contribution in [0.4, 0.5) is 0 Å². The minimum atomic E-state index is -0.971. The third-order valence-corrected chi connectivity index (χ3v) is 4.66. The number of carboxylic acids is 1. The molecule has 0 saturated carbocycles. The molecule has 4 nitrogen and oxygen atoms in total. The summed E-state index contributed by atoms with van der Waals surface area (Å²) in [4.78, 5) is 10.5. The number of unbranched alkanes of at least 4 members (excludes halogenated alkanes) is 6. The molecule has 2 N–H and O–H groups in total. The number of hydrogen-bond donors (Lipinski definition) is 2. The molecule has 1 aliphatic heterocycles. The van der Waals surface area contributed by atoms with Crippen LogP contribution in [0.15, 0.2) is 24.3 Å². The van der Waals surface area contributed by atoms with Crippen LogP contribution in [0.1, 0.15) is 84.5 Å². The van der Waals surface area contributed by atoms with Gasteiger partial charge in [0.2, 0.25) is 0 Å². The van der Waals surface area contributed by atoms with Gasteiger partial charge in [0.05, 0.1) is 6.10 Å². The Morgan fingerprint density at radius 2 is 1.80 bits per heavy atom. The predicted octanol–water partition coefficient (Wildman–Crippen LogP) is 5.01. The molecule has 0 aromatic rings. The molecule has 1 fully saturated rings. The van der Waals surface area contributed by atoms with Gasteiger partial charge in [-0.05, 0) is 39.0 Å². The van der Waals surface area contributed by atoms with Gasteiger partial charge in [-0.1, -0.05) is 63.3 Å². The van der Waals surface area contributed by atoms with Gasteiger partial charge in [0.15, 0.2) is 0 Å². The van der Waals surface area contributed by atoms with E-state index < -0.39 is 11.6 Å². The Morgan fingerprint density at radius 3 is 2.52 bits per heavy atom. The van der Waals surface area contributed by atoms with Gasteiger partial charge in [0.1, 0.15) is 11.7 Å². The second-order valence-corrected chi connectivity index (χ2v) is 7.27. The molecular weight excluding hydrogens is 316 g/mol. The summed E-state index contributed by atoms with van der Waals surface area (Å²) >= 11 is 0. The zero-order valence-electron chi connectivity index (χ0n) is 16.0. The van der Waals surface area contributed by atoms with Gasteiger partial charge in [0.25, 0.3) is 0 Å². The molecule has 1 rings (SSSR count). The largest absolute Gasteiger partial charge is 0.481 e. The van der Waals surface area contributed by atoms with Gasteiger partial charge >= 0.3 is 5.97 Å². The van der Waals surface area contributed by atoms with E-state index in [1.807, 2.05) is 12.2 Å². The Balaban J connectivity index is 2.08. The molecule has 3 atom stereocenters. The maximum Gasteiger partial charge on any atom is 0.303 e. The zero-order chi connectivity index (χ0) is 18.5. The Bertz CT molecular complexity index is 426. The number of rotatable bonds is 15. The standard InChI is InChI=1S/C21H36O4/c1-3-4-5-6-7-8-9-10-11-12-13-17-21(2,24)20-18(25-20)15-14-16-19(22)23/h10-11,13,17-18,20,24H,3-9,12,14-16H2,1-2H3,(H,22,23)/b11-10-,17-13-. The normalized spacial score (nSPS) is 22.5. The lowest BCUT2D eigenvalue weighted by Crippen LogP contribution is -2.30. The van der Waals surface area contributed by atoms with Gasteiger partial charge in [-0.2, -0.15) is 0 Å². The van der Waals surface area contributed by atoms with E-state index in [4.69, 9.17) is 9.84 Å². The van der Waals surface area contributed by atoms with Crippen LogP contribution in [0, 0.1) is 0 Å². The average Bonchev–Trinajstić information content (AvgIpc) is 3.33. The van der Waals surface area contributed by atoms with Crippen molar-refractivity contribution in [3.05, 3.63) is 24.3 Å². The monoisotopic (exact) mass is 352 g/mol. The van der Waals surface area contributed by atoms with Gasteiger partial charge < -0.3 is 14.9 Å². The first-order chi connectivity index (χ1) is 12.0. The van der Waals surface area contributed by atoms with Gasteiger partial charge in [-0.25, -0.2) is 0 Å². The minimum Gasteiger partial charge on any atom is -0.481 e. The highest BCUT2D eigenvalue weighted by atomic mass is 16.6. The van der Waals surface area contributed by atoms with Crippen molar-refractivity contribution in [1.82, 2.24) is 0 Å². The van der Waals surface area contributed by atoms with Crippen LogP contribution >= 0.6 is 0 Å². The van der Waals surface area contributed by atoms with Crippen LogP contribution in [-0.4, -0.2) is 34.0 Å². The molecule has 0 spiro atoms. The number of allylic oxidation sites excluding steroid dienone is 3. The summed E-state index contributed by atoms with van der Waals surface area (Å²) in [7, 11) is 0. The summed E-state index contributed by atoms with van der Waals surface area (Å²) in [5.74, 6) is -0.781. The lowest BCUT2D eigenvalue weighted by atomic mass is 9.97. The molecule has 1 aliphatic rings. The van der Waals surface area contributed by atoms with E-state index in [0.29, 0.717) is 12.8 Å². The Kier molecular flexibility index (Phi) is 10.7. The molecule has 144 valence electrons. The predicted molar refractivity (Wildman–Crippen MR) is 102 cm³/mol. The fraction of sp³-hybridized carbons (Fsp3) is 0.762. The van der Waals surface area contributed by atoms with E-state index in [9.17, 15) is 9.90 Å². The molecule has 4 heteroatoms. The van der Waals surface area contributed by atoms with E-state index in [1.165, 1.54) is 38.5 Å². The summed E-state index contributed by atoms with van der Waals surface area (Å²) in [6, 6.07) is 0. The summed E-state index contributed by atoms with van der Waals surface area (Å²) < 4.78 is 5.50. The molecule has 0 amide bonds. The van der Waals surface area contributed by atoms with Crippen molar-refractivity contribution in [2.75, 3.05) is 0 Å². The Labute approximate surface area is 153 Å². The van der Waals surface area contributed by atoms with Crippen LogP contribution in [-0.2, 0) is 9.53 Å². The fourth-order valence-electron chi connectivity index (χ4n) is 3.07. The van der Waals surface area contributed by atoms with Crippen LogP contribution in [0.5, 0.6) is 0 Å². The third-order valence-electron chi connectivity index (χ3n) is 4.66. The van der Waals surface area contributed by atoms with Crippen molar-refractivity contribution in [2.24, 2.45) is 0 Å². The number of aliphatic carboxylic acids is 1. The van der Waals surface area contributed by atoms with E-state index in [2.05, 4.69) is 19.1 Å². The van der Waals surface area contributed by atoms with Crippen LogP contribution in [0.3, 0.4) is 0 Å². The molecule has 1 saturated heterocycles. The van der Waals surface area contributed by atoms with Gasteiger partial charge in [-0.3, -0.25) is 4.79 Å². The van der Waals surface area contributed by atoms with E-state index in [-0.39, 0.29) is 18.6 Å². The number of carbonyl (C=O) groups is 1. The maximum absolute atomic E-state index is 10.5. The molecule has 1 heterocycles. The summed E-state index contributed by atoms with van der Waals surface area (Å²) in [6.45, 7) is 3.99. The lowest BCUT2D eigenvalue weighted by Gasteiger charge is -2.15. The quantitative estimate of drug-likeness (QED) is 0.247. The molecule has 0 radical (unpaired) electrons. The Hall–Kier alpha value is -1.13. The van der Waals surface area contributed by atoms with Crippen molar-refractivity contribution in [2.45, 2.75) is 102 Å². The van der Waals surface area contributed by atoms with Crippen LogP contribution < -0.4 is 0 Å². The second kappa shape index (κ2) is 12.3. The average molecular weight is 353 g/mol. The highest BCUT2D eigenvalue weighted by Crippen LogP contribution is 2.36. The van der Waals surface area contributed by atoms with Crippen molar-refractivity contribution in [1.29, 1.82) is 0 Å². The van der Waals surface area contributed by atoms with Crippen molar-refractivity contribution in [3.63, 3.8) is 0 Å². The Morgan fingerprint density at radius 1 is 1.08 bits per heavy atom. The van der Waals surface area contributed by atoms with E-state index in [0.717, 1.165) is 12.8 Å². The van der Waals surface area contributed by atoms with Crippen molar-refractivity contribution in [3.8, 4) is 0 Å². The third kappa shape index (κ3) is 10.5. The first kappa shape index (κ1) is 21.9. The molecule has 3 unspecified atom stereocenters. The number of hydrogen-bond acceptors (Lipinski definition) is 3. The molecule has 0 aromatic carbocycles. The summed E-state index contributed by atoms with van der Waals surface area (Å²) in [5.41, 5.74) is -0.971. The first-order valence-corrected chi connectivity index (χ1v) is 9.89. The molecule has 0 aliphatic carbocycles. The van der Waals surface area contributed by atoms with E-state index in [1.54, 1.807) is 6.92 Å². The lowest BCUT2D eigenvalue weighted by molar-refractivity contribution is -0.137. The molecule has 0 aromatic heterocycles. The van der Waals surface area contributed by atoms with Crippen LogP contribution in [0.2, 0.25) is 0 Å². The van der Waals surface area contributed by atoms with Crippen molar-refractivity contribution >= 4 is 5.97 Å². The zero-order valence-corrected chi connectivity index (χ0v) is 16.0. The smallest absolute Gasteiger partial charge is 0.303 e. The molecule has 25 heavy (non-hydrogen) atoms. The highest BCUT2D eigenvalue weighted by molar-refractivity contribution is 5.66. The first-order valence-electron chi connectivity index (χ1n) is 9.89. The van der Waals surface area contributed by atoms with Gasteiger partial charge in [0, 0.05) is 6.42 Å². The molecular formula is C21H36O4. The van der Waals surface area contributed by atoms with Crippen LogP contribution in [0.25, 0.3) is 0 Å². The summed E-state index contributed by atoms with van der Waals surface area (Å²) in [6.07, 6.45) is 19.3. The number of ether oxygens (including phenoxy) is 1. The number of aliphatic hydroxyl groups is 1. The topological polar surface area (TPSA) is 70.1 Å². The molecule has 0 bridgehead atoms. The van der Waals surface area contributed by atoms with Gasteiger partial charge in [-0.15, -0.1) is 0 Å². The minimum absolute atomic E-state index is 0.0118. The van der Waals surface area contributed by atoms with Crippen molar-refractivity contribution < 1.29 is 19.7 Å². The SMILES string of the molecule is CCCCCCCC/C=C\C/C=C\C(C)(O)C1OC1CCCC(=O)O. The number of carboxylic acid groups (broad SMARTS) is 1. The number of epoxide rings is 1. The fourth-order valence-corrected chi connectivity index (χ4v) is 3.07. The second-order valence-electron chi connectivity index (χ2n) is 7.27. The summed E-state index contributed by atoms with van der Waals surface area (Å²) in [5, 5.41) is 19.1. The maximum atomic E-state index is 10.5. The van der Waals surface area contributed by atoms with E-state index >= 15 is 0 Å². The highest BCUT2D eigenvalue weighted by Gasteiger charge is 2.49.